The lowest BCUT2D eigenvalue weighted by molar-refractivity contribution is 0.0973. The van der Waals surface area contributed by atoms with E-state index in [1.54, 1.807) is 50.2 Å². The highest BCUT2D eigenvalue weighted by Gasteiger charge is 2.28. The zero-order chi connectivity index (χ0) is 33.8. The average Bonchev–Trinajstić information content (AvgIpc) is 3.03. The largest absolute Gasteiger partial charge is 0.289 e. The average molecular weight is 623 g/mol. The smallest absolute Gasteiger partial charge is 0.190 e. The normalized spacial score (nSPS) is 16.1. The topological polar surface area (TPSA) is 68.3 Å². The predicted molar refractivity (Wildman–Crippen MR) is 190 cm³/mol. The Kier molecular flexibility index (Phi) is 14.3. The molecule has 0 fully saturated rings. The van der Waals surface area contributed by atoms with Crippen LogP contribution >= 0.6 is 0 Å². The highest BCUT2D eigenvalue weighted by atomic mass is 16.1. The number of allylic oxidation sites excluding steroid dienone is 6. The van der Waals surface area contributed by atoms with Crippen molar-refractivity contribution in [1.82, 2.24) is 0 Å². The molecule has 0 bridgehead atoms. The number of hydrogen-bond donors (Lipinski definition) is 0. The predicted octanol–water partition coefficient (Wildman–Crippen LogP) is 11.2. The van der Waals surface area contributed by atoms with Gasteiger partial charge in [0.25, 0.3) is 0 Å². The number of carbonyl (C=O) groups is 4. The molecule has 0 unspecified atom stereocenters. The minimum absolute atomic E-state index is 0.00526. The number of hydrogen-bond acceptors (Lipinski definition) is 4. The van der Waals surface area contributed by atoms with Gasteiger partial charge in [0.1, 0.15) is 0 Å². The Morgan fingerprint density at radius 1 is 0.630 bits per heavy atom. The maximum Gasteiger partial charge on any atom is 0.190 e. The van der Waals surface area contributed by atoms with Gasteiger partial charge < -0.3 is 0 Å². The van der Waals surface area contributed by atoms with Gasteiger partial charge in [-0.1, -0.05) is 133 Å². The van der Waals surface area contributed by atoms with Crippen molar-refractivity contribution in [3.05, 3.63) is 105 Å². The van der Waals surface area contributed by atoms with E-state index in [2.05, 4.69) is 40.7 Å². The third-order valence-corrected chi connectivity index (χ3v) is 9.42. The number of benzene rings is 2. The van der Waals surface area contributed by atoms with E-state index in [0.29, 0.717) is 45.4 Å². The minimum Gasteiger partial charge on any atom is -0.289 e. The first-order valence-corrected chi connectivity index (χ1v) is 17.3. The second-order valence-corrected chi connectivity index (χ2v) is 14.0. The third-order valence-electron chi connectivity index (χ3n) is 9.42. The first kappa shape index (κ1) is 36.8. The lowest BCUT2D eigenvalue weighted by Crippen LogP contribution is -2.20. The van der Waals surface area contributed by atoms with Crippen molar-refractivity contribution < 1.29 is 19.2 Å². The number of Topliss-reactive ketones (excluding diaryl/α,β-unsaturated/α-hetero) is 3. The maximum atomic E-state index is 12.9. The van der Waals surface area contributed by atoms with E-state index in [9.17, 15) is 19.2 Å². The van der Waals surface area contributed by atoms with Crippen molar-refractivity contribution in [3.63, 3.8) is 0 Å². The fourth-order valence-corrected chi connectivity index (χ4v) is 6.33. The van der Waals surface area contributed by atoms with E-state index in [1.165, 1.54) is 63.0 Å². The molecule has 0 spiro atoms. The van der Waals surface area contributed by atoms with Gasteiger partial charge in [-0.15, -0.1) is 0 Å². The van der Waals surface area contributed by atoms with Crippen LogP contribution in [0, 0.1) is 17.8 Å². The van der Waals surface area contributed by atoms with Crippen molar-refractivity contribution in [3.8, 4) is 0 Å². The van der Waals surface area contributed by atoms with Crippen LogP contribution in [-0.2, 0) is 0 Å². The van der Waals surface area contributed by atoms with Gasteiger partial charge in [0, 0.05) is 39.0 Å². The van der Waals surface area contributed by atoms with E-state index in [4.69, 9.17) is 0 Å². The van der Waals surface area contributed by atoms with Crippen molar-refractivity contribution in [2.24, 2.45) is 17.8 Å². The zero-order valence-electron chi connectivity index (χ0n) is 29.2. The van der Waals surface area contributed by atoms with Crippen LogP contribution in [0.2, 0.25) is 0 Å². The van der Waals surface area contributed by atoms with Crippen molar-refractivity contribution in [2.45, 2.75) is 113 Å². The first-order chi connectivity index (χ1) is 21.9. The van der Waals surface area contributed by atoms with Crippen LogP contribution in [0.5, 0.6) is 0 Å². The molecule has 0 heterocycles. The molecule has 0 N–H and O–H groups in total. The summed E-state index contributed by atoms with van der Waals surface area (Å²) in [7, 11) is 0. The van der Waals surface area contributed by atoms with Crippen molar-refractivity contribution >= 4 is 23.1 Å². The fourth-order valence-electron chi connectivity index (χ4n) is 6.33. The molecule has 2 aromatic rings. The maximum absolute atomic E-state index is 12.9. The lowest BCUT2D eigenvalue weighted by Gasteiger charge is -2.18. The first-order valence-electron chi connectivity index (χ1n) is 17.3. The van der Waals surface area contributed by atoms with E-state index in [1.807, 2.05) is 12.1 Å². The Morgan fingerprint density at radius 3 is 1.67 bits per heavy atom. The van der Waals surface area contributed by atoms with Crippen LogP contribution in [0.25, 0.3) is 0 Å². The summed E-state index contributed by atoms with van der Waals surface area (Å²) in [6.07, 6.45) is 15.8. The summed E-state index contributed by atoms with van der Waals surface area (Å²) in [4.78, 5) is 48.5. The number of fused-ring (bicyclic) bond motifs is 2. The van der Waals surface area contributed by atoms with Gasteiger partial charge in [-0.2, -0.15) is 0 Å². The number of ketones is 4. The summed E-state index contributed by atoms with van der Waals surface area (Å²) in [5, 5.41) is 0. The molecule has 4 heteroatoms. The highest BCUT2D eigenvalue weighted by molar-refractivity contribution is 6.27. The molecule has 4 nitrogen and oxygen atoms in total. The van der Waals surface area contributed by atoms with Crippen LogP contribution in [0.1, 0.15) is 154 Å². The molecule has 0 saturated heterocycles. The van der Waals surface area contributed by atoms with Gasteiger partial charge in [0.15, 0.2) is 23.1 Å². The molecule has 2 atom stereocenters. The van der Waals surface area contributed by atoms with Crippen molar-refractivity contribution in [1.29, 1.82) is 0 Å². The van der Waals surface area contributed by atoms with E-state index in [0.717, 1.165) is 24.2 Å². The fraction of sp³-hybridized carbons (Fsp3) is 0.476. The lowest BCUT2D eigenvalue weighted by atomic mass is 9.83. The Morgan fingerprint density at radius 2 is 1.11 bits per heavy atom. The summed E-state index contributed by atoms with van der Waals surface area (Å²) < 4.78 is 0. The molecular weight excluding hydrogens is 568 g/mol. The SMILES string of the molecule is CC1=C(C/C=C(\C)CCC[C@H](C)CCC[C@H](C)CCCC(C)C)C(=O)c2ccccc2C1=O.CC1=CC(=O)c2ccccc2C1=O. The monoisotopic (exact) mass is 622 g/mol. The van der Waals surface area contributed by atoms with Gasteiger partial charge in [-0.05, 0) is 63.9 Å². The Labute approximate surface area is 277 Å². The molecule has 0 amide bonds. The van der Waals surface area contributed by atoms with Gasteiger partial charge >= 0.3 is 0 Å². The number of rotatable bonds is 14. The van der Waals surface area contributed by atoms with Crippen LogP contribution in [0.15, 0.2) is 83.0 Å². The second kappa shape index (κ2) is 17.9. The molecule has 2 aliphatic carbocycles. The molecule has 0 aromatic heterocycles. The Hall–Kier alpha value is -3.66. The van der Waals surface area contributed by atoms with E-state index < -0.39 is 0 Å². The van der Waals surface area contributed by atoms with Crippen LogP contribution < -0.4 is 0 Å². The highest BCUT2D eigenvalue weighted by Crippen LogP contribution is 2.29. The molecule has 4 rings (SSSR count). The summed E-state index contributed by atoms with van der Waals surface area (Å²) in [5.41, 5.74) is 5.24. The minimum atomic E-state index is -0.0762. The summed E-state index contributed by atoms with van der Waals surface area (Å²) in [6, 6.07) is 14.1. The molecule has 46 heavy (non-hydrogen) atoms. The summed E-state index contributed by atoms with van der Waals surface area (Å²) >= 11 is 0. The summed E-state index contributed by atoms with van der Waals surface area (Å²) in [6.45, 7) is 15.0. The van der Waals surface area contributed by atoms with Gasteiger partial charge in [-0.3, -0.25) is 19.2 Å². The van der Waals surface area contributed by atoms with Crippen molar-refractivity contribution in [2.75, 3.05) is 0 Å². The molecule has 0 radical (unpaired) electrons. The zero-order valence-corrected chi connectivity index (χ0v) is 29.2. The van der Waals surface area contributed by atoms with Crippen LogP contribution in [-0.4, -0.2) is 23.1 Å². The Balaban J connectivity index is 0.000000365. The van der Waals surface area contributed by atoms with Crippen LogP contribution in [0.3, 0.4) is 0 Å². The van der Waals surface area contributed by atoms with Gasteiger partial charge in [0.05, 0.1) is 0 Å². The molecule has 0 aliphatic heterocycles. The molecule has 2 aromatic carbocycles. The summed E-state index contributed by atoms with van der Waals surface area (Å²) in [5.74, 6) is 2.36. The van der Waals surface area contributed by atoms with Crippen LogP contribution in [0.4, 0.5) is 0 Å². The quantitative estimate of drug-likeness (QED) is 0.197. The van der Waals surface area contributed by atoms with Gasteiger partial charge in [-0.25, -0.2) is 0 Å². The third kappa shape index (κ3) is 10.4. The number of carbonyl (C=O) groups excluding carboxylic acids is 4. The van der Waals surface area contributed by atoms with E-state index >= 15 is 0 Å². The molecule has 246 valence electrons. The van der Waals surface area contributed by atoms with E-state index in [-0.39, 0.29) is 23.1 Å². The molecular formula is C42H54O4. The second-order valence-electron chi connectivity index (χ2n) is 14.0. The molecule has 2 aliphatic rings. The van der Waals surface area contributed by atoms with Gasteiger partial charge in [0.2, 0.25) is 0 Å². The Bertz CT molecular complexity index is 1500. The molecule has 0 saturated carbocycles. The standard InChI is InChI=1S/C31H46O2.C11H8O2/c1-22(2)12-9-13-23(3)14-10-15-24(4)16-11-17-25(5)20-21-27-26(6)30(32)28-18-7-8-19-29(28)31(27)33;1-7-6-10(12)8-4-2-3-5-9(8)11(7)13/h7-8,18-20,22-24H,9-17,21H2,1-6H3;2-6H,1H3/b25-20+;/t23-,24-;/m1./s1.